The van der Waals surface area contributed by atoms with Gasteiger partial charge in [-0.05, 0) is 243 Å². The molecule has 0 bridgehead atoms. The molecule has 0 spiro atoms. The molecule has 1 atom stereocenters. The van der Waals surface area contributed by atoms with E-state index in [1.54, 1.807) is 0 Å². The van der Waals surface area contributed by atoms with Crippen LogP contribution in [-0.4, -0.2) is 166 Å². The Bertz CT molecular complexity index is 2290. The van der Waals surface area contributed by atoms with Crippen LogP contribution in [0.3, 0.4) is 0 Å². The van der Waals surface area contributed by atoms with Crippen LogP contribution in [0.5, 0.6) is 0 Å². The van der Waals surface area contributed by atoms with Gasteiger partial charge in [0.1, 0.15) is 29.5 Å². The first-order valence-electron chi connectivity index (χ1n) is 39.3. The molecule has 99 heavy (non-hydrogen) atoms. The first-order chi connectivity index (χ1) is 45.8. The van der Waals surface area contributed by atoms with Gasteiger partial charge in [0.2, 0.25) is 0 Å². The van der Waals surface area contributed by atoms with Crippen molar-refractivity contribution in [1.82, 2.24) is 4.90 Å². The maximum atomic E-state index is 11.0. The zero-order valence-electron chi connectivity index (χ0n) is 67.1. The van der Waals surface area contributed by atoms with Crippen LogP contribution in [0.25, 0.3) is 0 Å². The van der Waals surface area contributed by atoms with Crippen LogP contribution in [0.2, 0.25) is 0 Å². The minimum atomic E-state index is -2.75. The van der Waals surface area contributed by atoms with Crippen molar-refractivity contribution in [2.24, 2.45) is 101 Å². The first kappa shape index (κ1) is 101. The summed E-state index contributed by atoms with van der Waals surface area (Å²) in [5, 5.41) is 52.3. The van der Waals surface area contributed by atoms with Gasteiger partial charge in [-0.3, -0.25) is 19.3 Å². The molecule has 6 aliphatic rings. The van der Waals surface area contributed by atoms with Crippen molar-refractivity contribution in [3.63, 3.8) is 0 Å². The van der Waals surface area contributed by atoms with E-state index in [0.29, 0.717) is 71.4 Å². The second-order valence-electron chi connectivity index (χ2n) is 33.8. The summed E-state index contributed by atoms with van der Waals surface area (Å²) in [7, 11) is -8.12. The molecule has 2 saturated heterocycles. The predicted octanol–water partition coefficient (Wildman–Crippen LogP) is 17.1. The molecule has 0 aromatic rings. The number of nitrogens with zero attached hydrogens (tertiary/aromatic N) is 1. The summed E-state index contributed by atoms with van der Waals surface area (Å²) < 4.78 is 70.5. The highest BCUT2D eigenvalue weighted by atomic mass is 32.2. The number of ether oxygens (including phenoxy) is 1. The van der Waals surface area contributed by atoms with Crippen molar-refractivity contribution in [2.75, 3.05) is 75.0 Å². The number of carbonyl (C=O) groups is 3. The molecule has 0 radical (unpaired) electrons. The third kappa shape index (κ3) is 63.1. The van der Waals surface area contributed by atoms with Crippen LogP contribution in [0.4, 0.5) is 0 Å². The number of carboxylic acids is 3. The zero-order chi connectivity index (χ0) is 76.6. The fraction of sp³-hybridized carbons (Fsp3) is 0.962. The largest absolute Gasteiger partial charge is 0.481 e. The van der Waals surface area contributed by atoms with Crippen LogP contribution < -0.4 is 0 Å². The highest BCUT2D eigenvalue weighted by Gasteiger charge is 2.29. The SMILES string of the molecule is CC(C)C1CCC(C(=O)O)CC1.CC(C)C1CCC(CCS(C)(=O)=O)CC1.CC(C)C1CCC(O)CC1.CC(C)C1CCS(=O)(=O)CC1.CC(C)CC1CCC(C(=O)O)CC1.CC(C)CCC(O)CO.CC(C)CCCC(=O)O.CC(C)CCN1CCOCC1.CC(C)CCS(C)(=O)=O. The Balaban J connectivity index is -0.00000105. The average Bonchev–Trinajstić information content (AvgIpc) is 0.908. The van der Waals surface area contributed by atoms with Crippen LogP contribution in [0.1, 0.15) is 298 Å². The molecule has 594 valence electrons. The normalized spacial score (nSPS) is 23.9. The molecule has 17 nitrogen and oxygen atoms in total. The molecular formula is C79H159NO16S3. The Labute approximate surface area is 609 Å². The molecule has 2 aliphatic heterocycles. The van der Waals surface area contributed by atoms with E-state index in [1.165, 1.54) is 70.4 Å². The van der Waals surface area contributed by atoms with Crippen molar-refractivity contribution in [1.29, 1.82) is 0 Å². The Kier molecular flexibility index (Phi) is 58.6. The Morgan fingerprint density at radius 1 is 0.465 bits per heavy atom. The number of rotatable bonds is 25. The van der Waals surface area contributed by atoms with E-state index in [9.17, 15) is 44.7 Å². The number of hydrogen-bond acceptors (Lipinski definition) is 14. The summed E-state index contributed by atoms with van der Waals surface area (Å²) in [5.74, 6) is 10.4. The second-order valence-corrected chi connectivity index (χ2v) is 40.6. The molecule has 20 heteroatoms. The number of hydrogen-bond donors (Lipinski definition) is 6. The van der Waals surface area contributed by atoms with Crippen molar-refractivity contribution in [3.05, 3.63) is 0 Å². The van der Waals surface area contributed by atoms with Gasteiger partial charge in [-0.15, -0.1) is 0 Å². The summed E-state index contributed by atoms with van der Waals surface area (Å²) >= 11 is 0. The van der Waals surface area contributed by atoms with Crippen LogP contribution in [-0.2, 0) is 48.6 Å². The highest BCUT2D eigenvalue weighted by Crippen LogP contribution is 2.36. The third-order valence-corrected chi connectivity index (χ3v) is 24.3. The predicted molar refractivity (Wildman–Crippen MR) is 413 cm³/mol. The lowest BCUT2D eigenvalue weighted by molar-refractivity contribution is -0.144. The third-order valence-electron chi connectivity index (χ3n) is 20.7. The maximum absolute atomic E-state index is 11.0. The van der Waals surface area contributed by atoms with E-state index in [1.807, 2.05) is 13.8 Å². The van der Waals surface area contributed by atoms with Crippen LogP contribution in [0, 0.1) is 101 Å². The van der Waals surface area contributed by atoms with E-state index in [4.69, 9.17) is 30.3 Å². The van der Waals surface area contributed by atoms with Gasteiger partial charge in [0.25, 0.3) is 0 Å². The topological polar surface area (TPSA) is 287 Å². The molecule has 1 unspecified atom stereocenters. The van der Waals surface area contributed by atoms with Crippen molar-refractivity contribution >= 4 is 47.4 Å². The summed E-state index contributed by atoms with van der Waals surface area (Å²) in [6.07, 6.45) is 29.6. The van der Waals surface area contributed by atoms with Crippen molar-refractivity contribution in [2.45, 2.75) is 310 Å². The number of aliphatic hydroxyl groups is 3. The van der Waals surface area contributed by atoms with Gasteiger partial charge < -0.3 is 35.4 Å². The first-order valence-corrected chi connectivity index (χ1v) is 45.2. The molecule has 6 N–H and O–H groups in total. The van der Waals surface area contributed by atoms with Gasteiger partial charge in [0, 0.05) is 32.0 Å². The number of carboxylic acid groups (broad SMARTS) is 3. The van der Waals surface area contributed by atoms with Crippen LogP contribution >= 0.6 is 0 Å². The lowest BCUT2D eigenvalue weighted by Crippen LogP contribution is -2.37. The molecular weight excluding hydrogens is 1320 g/mol. The van der Waals surface area contributed by atoms with Gasteiger partial charge in [0.15, 0.2) is 0 Å². The molecule has 6 rings (SSSR count). The summed E-state index contributed by atoms with van der Waals surface area (Å²) in [4.78, 5) is 33.8. The summed E-state index contributed by atoms with van der Waals surface area (Å²) in [6.45, 7) is 44.7. The monoisotopic (exact) mass is 1470 g/mol. The standard InChI is InChI=1S/C12H24O2S.C11H20O2.C10H18O2.C9H19NO.C9H18O.C8H16O2S.C7H16O2.C7H14O2.C6H14O2S/c1-10(2)12-6-4-11(5-7-12)8-9-15(3,13)14;1-8(2)7-9-3-5-10(6-4-9)11(12)13;1-7(2)8-3-5-9(6-4-8)10(11)12;1-9(2)3-4-10-5-7-11-8-6-10;1-7(2)8-3-5-9(10)6-4-8;1-7(2)8-3-5-11(9,10)6-4-8;1-6(2)3-4-7(9)5-8;1-6(2)4-3-5-7(8)9;1-6(2)4-5-9(3,7)8/h10-12H,4-9H2,1-3H3;8-10H,3-7H2,1-2H3,(H,12,13);7-9H,3-6H2,1-2H3,(H,11,12);9H,3-8H2,1-2H3;7-10H,3-6H2,1-2H3;7-8H,3-6H2,1-2H3;6-9H,3-5H2,1-2H3;6H,3-5H2,1-2H3,(H,8,9);6H,4-5H2,1-3H3. The quantitative estimate of drug-likeness (QED) is 0.0495. The van der Waals surface area contributed by atoms with Crippen molar-refractivity contribution in [3.8, 4) is 0 Å². The smallest absolute Gasteiger partial charge is 0.306 e. The molecule has 0 aromatic heterocycles. The number of aliphatic carboxylic acids is 3. The number of morpholine rings is 1. The molecule has 0 aromatic carbocycles. The molecule has 2 heterocycles. The van der Waals surface area contributed by atoms with E-state index in [0.717, 1.165) is 189 Å². The van der Waals surface area contributed by atoms with Crippen LogP contribution in [0.15, 0.2) is 0 Å². The maximum Gasteiger partial charge on any atom is 0.306 e. The second kappa shape index (κ2) is 57.3. The molecule has 4 saturated carbocycles. The lowest BCUT2D eigenvalue weighted by atomic mass is 9.76. The summed E-state index contributed by atoms with van der Waals surface area (Å²) in [5.41, 5.74) is 0. The number of aliphatic hydroxyl groups excluding tert-OH is 3. The van der Waals surface area contributed by atoms with Gasteiger partial charge in [-0.1, -0.05) is 144 Å². The lowest BCUT2D eigenvalue weighted by Gasteiger charge is -2.30. The van der Waals surface area contributed by atoms with E-state index in [2.05, 4.69) is 116 Å². The Hall–Kier alpha value is -1.94. The minimum absolute atomic E-state index is 0.00926. The fourth-order valence-corrected chi connectivity index (χ4v) is 16.4. The fourth-order valence-electron chi connectivity index (χ4n) is 13.2. The van der Waals surface area contributed by atoms with Gasteiger partial charge in [-0.2, -0.15) is 0 Å². The molecule has 6 fully saturated rings. The summed E-state index contributed by atoms with van der Waals surface area (Å²) in [6, 6.07) is 0. The van der Waals surface area contributed by atoms with Gasteiger partial charge in [-0.25, -0.2) is 25.3 Å². The van der Waals surface area contributed by atoms with E-state index < -0.39 is 53.5 Å². The van der Waals surface area contributed by atoms with E-state index in [-0.39, 0.29) is 24.5 Å². The number of sulfone groups is 3. The highest BCUT2D eigenvalue weighted by molar-refractivity contribution is 7.91. The Morgan fingerprint density at radius 2 is 0.828 bits per heavy atom. The van der Waals surface area contributed by atoms with Gasteiger partial charge in [0.05, 0.1) is 66.9 Å². The minimum Gasteiger partial charge on any atom is -0.481 e. The van der Waals surface area contributed by atoms with E-state index >= 15 is 0 Å². The van der Waals surface area contributed by atoms with Gasteiger partial charge >= 0.3 is 17.9 Å². The van der Waals surface area contributed by atoms with Crippen molar-refractivity contribution < 1.29 is 75.0 Å². The Morgan fingerprint density at radius 3 is 1.16 bits per heavy atom. The zero-order valence-corrected chi connectivity index (χ0v) is 69.5. The molecule has 4 aliphatic carbocycles. The average molecular weight is 1480 g/mol. The molecule has 0 amide bonds.